The predicted octanol–water partition coefficient (Wildman–Crippen LogP) is 3.44. The van der Waals surface area contributed by atoms with E-state index in [1.54, 1.807) is 12.1 Å². The highest BCUT2D eigenvalue weighted by atomic mass is 16.5. The van der Waals surface area contributed by atoms with Crippen molar-refractivity contribution < 1.29 is 14.1 Å². The molecule has 3 aromatic rings. The summed E-state index contributed by atoms with van der Waals surface area (Å²) in [5, 5.41) is 6.62. The van der Waals surface area contributed by atoms with Gasteiger partial charge in [0.2, 0.25) is 0 Å². The highest BCUT2D eigenvalue weighted by Crippen LogP contribution is 2.26. The minimum absolute atomic E-state index is 0.0222. The summed E-state index contributed by atoms with van der Waals surface area (Å²) in [6.07, 6.45) is -0.0222. The summed E-state index contributed by atoms with van der Waals surface area (Å²) in [6.45, 7) is 1.96. The Bertz CT molecular complexity index is 896. The maximum Gasteiger partial charge on any atom is 0.256 e. The smallest absolute Gasteiger partial charge is 0.256 e. The van der Waals surface area contributed by atoms with E-state index in [2.05, 4.69) is 10.5 Å². The second-order valence-electron chi connectivity index (χ2n) is 5.74. The number of ketones is 1. The molecule has 0 aliphatic carbocycles. The molecule has 1 amide bonds. The Kier molecular flexibility index (Phi) is 4.75. The molecule has 0 aliphatic heterocycles. The first-order valence-corrected chi connectivity index (χ1v) is 7.96. The summed E-state index contributed by atoms with van der Waals surface area (Å²) >= 11 is 0. The van der Waals surface area contributed by atoms with Gasteiger partial charge in [0, 0.05) is 18.2 Å². The van der Waals surface area contributed by atoms with Crippen LogP contribution in [0.4, 0.5) is 0 Å². The molecule has 5 heteroatoms. The Morgan fingerprint density at radius 3 is 2.36 bits per heavy atom. The van der Waals surface area contributed by atoms with E-state index in [0.29, 0.717) is 16.8 Å². The molecule has 0 bridgehead atoms. The first-order valence-electron chi connectivity index (χ1n) is 7.96. The van der Waals surface area contributed by atoms with Crippen LogP contribution in [-0.4, -0.2) is 23.9 Å². The Morgan fingerprint density at radius 2 is 1.72 bits per heavy atom. The number of carbonyl (C=O) groups excluding carboxylic acids is 2. The zero-order valence-electron chi connectivity index (χ0n) is 14.1. The van der Waals surface area contributed by atoms with E-state index in [0.717, 1.165) is 11.1 Å². The van der Waals surface area contributed by atoms with E-state index in [1.165, 1.54) is 7.05 Å². The maximum atomic E-state index is 12.5. The zero-order valence-corrected chi connectivity index (χ0v) is 14.1. The van der Waals surface area contributed by atoms with Crippen LogP contribution in [-0.2, 0) is 6.42 Å². The van der Waals surface area contributed by atoms with E-state index in [9.17, 15) is 9.59 Å². The second-order valence-corrected chi connectivity index (χ2v) is 5.74. The number of rotatable bonds is 5. The Hall–Kier alpha value is -3.21. The van der Waals surface area contributed by atoms with Gasteiger partial charge in [0.1, 0.15) is 11.3 Å². The summed E-state index contributed by atoms with van der Waals surface area (Å²) in [5.41, 5.74) is 3.15. The SMILES string of the molecule is CNC(=O)c1c(-c2ccccc2)noc1CC(=O)c1ccc(C)cc1. The molecule has 1 heterocycles. The molecule has 0 aliphatic rings. The normalized spacial score (nSPS) is 10.5. The molecule has 0 unspecified atom stereocenters. The van der Waals surface area contributed by atoms with Crippen molar-refractivity contribution in [1.29, 1.82) is 0 Å². The van der Waals surface area contributed by atoms with Gasteiger partial charge in [0.15, 0.2) is 11.5 Å². The lowest BCUT2D eigenvalue weighted by molar-refractivity contribution is 0.0960. The molecule has 0 saturated heterocycles. The number of carbonyl (C=O) groups is 2. The summed E-state index contributed by atoms with van der Waals surface area (Å²) in [5.74, 6) is -0.184. The van der Waals surface area contributed by atoms with Crippen LogP contribution >= 0.6 is 0 Å². The average molecular weight is 334 g/mol. The molecule has 3 rings (SSSR count). The Labute approximate surface area is 145 Å². The first kappa shape index (κ1) is 16.6. The van der Waals surface area contributed by atoms with Crippen LogP contribution in [0.15, 0.2) is 59.1 Å². The number of hydrogen-bond acceptors (Lipinski definition) is 4. The molecule has 0 atom stereocenters. The van der Waals surface area contributed by atoms with Crippen LogP contribution in [0.2, 0.25) is 0 Å². The minimum atomic E-state index is -0.327. The fraction of sp³-hybridized carbons (Fsp3) is 0.150. The molecule has 0 spiro atoms. The fourth-order valence-corrected chi connectivity index (χ4v) is 2.58. The molecule has 1 aromatic heterocycles. The van der Waals surface area contributed by atoms with Crippen molar-refractivity contribution >= 4 is 11.7 Å². The molecular weight excluding hydrogens is 316 g/mol. The van der Waals surface area contributed by atoms with Crippen LogP contribution in [0.3, 0.4) is 0 Å². The molecule has 126 valence electrons. The van der Waals surface area contributed by atoms with E-state index in [4.69, 9.17) is 4.52 Å². The van der Waals surface area contributed by atoms with E-state index < -0.39 is 0 Å². The van der Waals surface area contributed by atoms with Gasteiger partial charge in [-0.15, -0.1) is 0 Å². The highest BCUT2D eigenvalue weighted by Gasteiger charge is 2.25. The molecule has 0 radical (unpaired) electrons. The van der Waals surface area contributed by atoms with Gasteiger partial charge in [-0.05, 0) is 6.92 Å². The van der Waals surface area contributed by atoms with Crippen molar-refractivity contribution in [3.8, 4) is 11.3 Å². The van der Waals surface area contributed by atoms with Gasteiger partial charge >= 0.3 is 0 Å². The summed E-state index contributed by atoms with van der Waals surface area (Å²) in [4.78, 5) is 24.8. The first-order chi connectivity index (χ1) is 12.1. The molecular formula is C20H18N2O3. The highest BCUT2D eigenvalue weighted by molar-refractivity contribution is 6.03. The third-order valence-corrected chi connectivity index (χ3v) is 3.96. The number of amides is 1. The van der Waals surface area contributed by atoms with Gasteiger partial charge in [-0.3, -0.25) is 9.59 Å². The van der Waals surface area contributed by atoms with E-state index >= 15 is 0 Å². The molecule has 5 nitrogen and oxygen atoms in total. The molecule has 2 aromatic carbocycles. The summed E-state index contributed by atoms with van der Waals surface area (Å²) in [7, 11) is 1.54. The van der Waals surface area contributed by atoms with Crippen LogP contribution in [0, 0.1) is 6.92 Å². The lowest BCUT2D eigenvalue weighted by Crippen LogP contribution is -2.20. The Balaban J connectivity index is 1.96. The molecule has 25 heavy (non-hydrogen) atoms. The minimum Gasteiger partial charge on any atom is -0.359 e. The van der Waals surface area contributed by atoms with Crippen LogP contribution in [0.25, 0.3) is 11.3 Å². The van der Waals surface area contributed by atoms with Gasteiger partial charge in [-0.1, -0.05) is 65.3 Å². The van der Waals surface area contributed by atoms with Crippen molar-refractivity contribution in [3.63, 3.8) is 0 Å². The van der Waals surface area contributed by atoms with Gasteiger partial charge in [-0.25, -0.2) is 0 Å². The van der Waals surface area contributed by atoms with Crippen LogP contribution in [0.1, 0.15) is 32.0 Å². The van der Waals surface area contributed by atoms with Crippen LogP contribution < -0.4 is 5.32 Å². The number of benzene rings is 2. The lowest BCUT2D eigenvalue weighted by atomic mass is 10.0. The topological polar surface area (TPSA) is 72.2 Å². The van der Waals surface area contributed by atoms with Crippen molar-refractivity contribution in [2.75, 3.05) is 7.05 Å². The molecule has 1 N–H and O–H groups in total. The average Bonchev–Trinajstić information content (AvgIpc) is 3.05. The number of hydrogen-bond donors (Lipinski definition) is 1. The summed E-state index contributed by atoms with van der Waals surface area (Å²) in [6, 6.07) is 16.6. The largest absolute Gasteiger partial charge is 0.359 e. The van der Waals surface area contributed by atoms with Crippen LogP contribution in [0.5, 0.6) is 0 Å². The number of nitrogens with zero attached hydrogens (tertiary/aromatic N) is 1. The van der Waals surface area contributed by atoms with E-state index in [-0.39, 0.29) is 23.9 Å². The quantitative estimate of drug-likeness (QED) is 0.726. The monoisotopic (exact) mass is 334 g/mol. The van der Waals surface area contributed by atoms with Gasteiger partial charge in [0.25, 0.3) is 5.91 Å². The van der Waals surface area contributed by atoms with Crippen molar-refractivity contribution in [2.24, 2.45) is 0 Å². The lowest BCUT2D eigenvalue weighted by Gasteiger charge is -2.04. The standard InChI is InChI=1S/C20H18N2O3/c1-13-8-10-14(11-9-13)16(23)12-17-18(20(24)21-2)19(22-25-17)15-6-4-3-5-7-15/h3-11H,12H2,1-2H3,(H,21,24). The van der Waals surface area contributed by atoms with Crippen molar-refractivity contribution in [2.45, 2.75) is 13.3 Å². The molecule has 0 fully saturated rings. The predicted molar refractivity (Wildman–Crippen MR) is 94.5 cm³/mol. The molecule has 0 saturated carbocycles. The van der Waals surface area contributed by atoms with Gasteiger partial charge < -0.3 is 9.84 Å². The van der Waals surface area contributed by atoms with Crippen molar-refractivity contribution in [1.82, 2.24) is 10.5 Å². The van der Waals surface area contributed by atoms with Gasteiger partial charge in [0.05, 0.1) is 6.42 Å². The number of nitrogens with one attached hydrogen (secondary N) is 1. The van der Waals surface area contributed by atoms with Crippen molar-refractivity contribution in [3.05, 3.63) is 77.0 Å². The summed E-state index contributed by atoms with van der Waals surface area (Å²) < 4.78 is 5.36. The van der Waals surface area contributed by atoms with E-state index in [1.807, 2.05) is 49.4 Å². The maximum absolute atomic E-state index is 12.5. The fourth-order valence-electron chi connectivity index (χ4n) is 2.58. The third kappa shape index (κ3) is 3.50. The number of Topliss-reactive ketones (excluding diaryl/α,β-unsaturated/α-hetero) is 1. The Morgan fingerprint density at radius 1 is 1.04 bits per heavy atom. The van der Waals surface area contributed by atoms with Gasteiger partial charge in [-0.2, -0.15) is 0 Å². The number of aryl methyl sites for hydroxylation is 1. The zero-order chi connectivity index (χ0) is 17.8. The number of aromatic nitrogens is 1. The third-order valence-electron chi connectivity index (χ3n) is 3.96. The second kappa shape index (κ2) is 7.13.